The number of anilines is 1. The predicted octanol–water partition coefficient (Wildman–Crippen LogP) is 3.07. The Labute approximate surface area is 151 Å². The van der Waals surface area contributed by atoms with E-state index in [0.717, 1.165) is 17.4 Å². The molecular weight excluding hydrogens is 362 g/mol. The van der Waals surface area contributed by atoms with Crippen molar-refractivity contribution in [2.24, 2.45) is 0 Å². The Morgan fingerprint density at radius 2 is 2.15 bits per heavy atom. The van der Waals surface area contributed by atoms with Gasteiger partial charge in [-0.05, 0) is 25.8 Å². The van der Waals surface area contributed by atoms with Gasteiger partial charge in [0.25, 0.3) is 12.3 Å². The Morgan fingerprint density at radius 1 is 1.38 bits per heavy atom. The van der Waals surface area contributed by atoms with Crippen LogP contribution in [0.4, 0.5) is 13.9 Å². The third kappa shape index (κ3) is 3.12. The third-order valence-electron chi connectivity index (χ3n) is 4.26. The Hall–Kier alpha value is -2.62. The number of nitrogens with one attached hydrogen (secondary N) is 1. The highest BCUT2D eigenvalue weighted by atomic mass is 32.1. The molecule has 1 aliphatic carbocycles. The van der Waals surface area contributed by atoms with Gasteiger partial charge >= 0.3 is 0 Å². The van der Waals surface area contributed by atoms with Gasteiger partial charge in [0.05, 0.1) is 11.7 Å². The van der Waals surface area contributed by atoms with Gasteiger partial charge in [0.1, 0.15) is 5.69 Å². The van der Waals surface area contributed by atoms with Crippen LogP contribution in [0.2, 0.25) is 0 Å². The topological polar surface area (TPSA) is 98.2 Å². The molecule has 1 unspecified atom stereocenters. The quantitative estimate of drug-likeness (QED) is 0.711. The third-order valence-corrected chi connectivity index (χ3v) is 4.95. The van der Waals surface area contributed by atoms with E-state index in [2.05, 4.69) is 20.4 Å². The van der Waals surface area contributed by atoms with Crippen molar-refractivity contribution in [2.75, 3.05) is 5.73 Å². The minimum atomic E-state index is -2.70. The van der Waals surface area contributed by atoms with Crippen LogP contribution < -0.4 is 11.1 Å². The molecule has 0 bridgehead atoms. The van der Waals surface area contributed by atoms with Crippen molar-refractivity contribution in [3.63, 3.8) is 0 Å². The maximum Gasteiger partial charge on any atom is 0.280 e. The van der Waals surface area contributed by atoms with Crippen molar-refractivity contribution < 1.29 is 13.6 Å². The number of fused-ring (bicyclic) bond motifs is 1. The highest BCUT2D eigenvalue weighted by Crippen LogP contribution is 2.40. The zero-order valence-corrected chi connectivity index (χ0v) is 14.6. The molecule has 3 aromatic heterocycles. The summed E-state index contributed by atoms with van der Waals surface area (Å²) < 4.78 is 27.8. The van der Waals surface area contributed by atoms with Gasteiger partial charge in [-0.3, -0.25) is 4.79 Å². The maximum absolute atomic E-state index is 13.4. The fourth-order valence-corrected chi connectivity index (χ4v) is 3.37. The van der Waals surface area contributed by atoms with Crippen molar-refractivity contribution >= 4 is 28.0 Å². The molecule has 0 spiro atoms. The molecule has 3 aromatic rings. The minimum Gasteiger partial charge on any atom is -0.375 e. The van der Waals surface area contributed by atoms with E-state index in [1.807, 2.05) is 0 Å². The maximum atomic E-state index is 13.4. The summed E-state index contributed by atoms with van der Waals surface area (Å²) in [6, 6.07) is 2.42. The van der Waals surface area contributed by atoms with Gasteiger partial charge in [-0.15, -0.1) is 11.3 Å². The molecule has 1 amide bonds. The molecule has 0 aromatic carbocycles. The first-order valence-electron chi connectivity index (χ1n) is 8.13. The molecule has 7 nitrogen and oxygen atoms in total. The van der Waals surface area contributed by atoms with E-state index in [4.69, 9.17) is 5.73 Å². The summed E-state index contributed by atoms with van der Waals surface area (Å²) in [4.78, 5) is 21.0. The zero-order valence-electron chi connectivity index (χ0n) is 13.8. The lowest BCUT2D eigenvalue weighted by Gasteiger charge is -2.09. The monoisotopic (exact) mass is 378 g/mol. The van der Waals surface area contributed by atoms with E-state index in [1.54, 1.807) is 12.3 Å². The molecule has 26 heavy (non-hydrogen) atoms. The van der Waals surface area contributed by atoms with E-state index in [0.29, 0.717) is 16.5 Å². The molecular formula is C16H16F2N6OS. The number of halogens is 2. The number of thiazole rings is 1. The summed E-state index contributed by atoms with van der Waals surface area (Å²) in [6.07, 6.45) is -0.811. The predicted molar refractivity (Wildman–Crippen MR) is 92.3 cm³/mol. The summed E-state index contributed by atoms with van der Waals surface area (Å²) >= 11 is 1.28. The first-order chi connectivity index (χ1) is 12.4. The van der Waals surface area contributed by atoms with Crippen molar-refractivity contribution in [1.82, 2.24) is 24.9 Å². The summed E-state index contributed by atoms with van der Waals surface area (Å²) in [7, 11) is 0. The number of rotatable bonds is 5. The molecule has 0 aliphatic heterocycles. The van der Waals surface area contributed by atoms with Gasteiger partial charge in [-0.25, -0.2) is 23.3 Å². The second-order valence-electron chi connectivity index (χ2n) is 6.29. The zero-order chi connectivity index (χ0) is 18.4. The Balaban J connectivity index is 1.63. The molecule has 1 aliphatic rings. The van der Waals surface area contributed by atoms with Gasteiger partial charge in [-0.2, -0.15) is 5.10 Å². The van der Waals surface area contributed by atoms with Crippen LogP contribution in [0.5, 0.6) is 0 Å². The number of carbonyl (C=O) groups is 1. The van der Waals surface area contributed by atoms with Gasteiger partial charge < -0.3 is 11.1 Å². The van der Waals surface area contributed by atoms with E-state index in [9.17, 15) is 13.6 Å². The van der Waals surface area contributed by atoms with Crippen LogP contribution in [0.3, 0.4) is 0 Å². The molecule has 4 rings (SSSR count). The van der Waals surface area contributed by atoms with Crippen LogP contribution in [0, 0.1) is 0 Å². The standard InChI is InChI=1S/C16H16F2N6OS/c1-7(11-6-26-16(19)22-11)20-15(25)10-5-13-21-9(8-2-3-8)4-12(14(17)18)24(13)23-10/h4-8,14H,2-3H2,1H3,(H2,19,22)(H,20,25). The fraction of sp³-hybridized carbons (Fsp3) is 0.375. The molecule has 0 saturated heterocycles. The van der Waals surface area contributed by atoms with Crippen molar-refractivity contribution in [1.29, 1.82) is 0 Å². The largest absolute Gasteiger partial charge is 0.375 e. The minimum absolute atomic E-state index is 0.0300. The normalized spacial score (nSPS) is 15.5. The number of nitrogens with two attached hydrogens (primary N) is 1. The molecule has 1 atom stereocenters. The molecule has 1 fully saturated rings. The second-order valence-corrected chi connectivity index (χ2v) is 7.18. The van der Waals surface area contributed by atoms with Crippen LogP contribution >= 0.6 is 11.3 Å². The highest BCUT2D eigenvalue weighted by Gasteiger charge is 2.28. The number of amides is 1. The lowest BCUT2D eigenvalue weighted by atomic mass is 10.2. The first-order valence-corrected chi connectivity index (χ1v) is 9.01. The summed E-state index contributed by atoms with van der Waals surface area (Å²) in [5, 5.41) is 8.93. The summed E-state index contributed by atoms with van der Waals surface area (Å²) in [5.41, 5.74) is 6.89. The molecule has 10 heteroatoms. The lowest BCUT2D eigenvalue weighted by Crippen LogP contribution is -2.27. The second kappa shape index (κ2) is 6.27. The SMILES string of the molecule is CC(NC(=O)c1cc2nc(C3CC3)cc(C(F)F)n2n1)c1csc(N)n1. The van der Waals surface area contributed by atoms with E-state index in [-0.39, 0.29) is 29.0 Å². The van der Waals surface area contributed by atoms with Gasteiger partial charge in [0, 0.05) is 23.1 Å². The summed E-state index contributed by atoms with van der Waals surface area (Å²) in [6.45, 7) is 1.76. The van der Waals surface area contributed by atoms with Crippen LogP contribution in [0.1, 0.15) is 65.7 Å². The van der Waals surface area contributed by atoms with Crippen LogP contribution in [-0.2, 0) is 0 Å². The lowest BCUT2D eigenvalue weighted by molar-refractivity contribution is 0.0933. The number of nitrogen functional groups attached to an aromatic ring is 1. The number of hydrogen-bond donors (Lipinski definition) is 2. The molecule has 1 saturated carbocycles. The van der Waals surface area contributed by atoms with E-state index >= 15 is 0 Å². The number of nitrogens with zero attached hydrogens (tertiary/aromatic N) is 4. The van der Waals surface area contributed by atoms with Gasteiger partial charge in [0.15, 0.2) is 16.5 Å². The highest BCUT2D eigenvalue weighted by molar-refractivity contribution is 7.13. The van der Waals surface area contributed by atoms with Gasteiger partial charge in [0.2, 0.25) is 0 Å². The smallest absolute Gasteiger partial charge is 0.280 e. The molecule has 3 N–H and O–H groups in total. The van der Waals surface area contributed by atoms with Crippen LogP contribution in [-0.4, -0.2) is 25.5 Å². The summed E-state index contributed by atoms with van der Waals surface area (Å²) in [5.74, 6) is -0.261. The molecule has 3 heterocycles. The fourth-order valence-electron chi connectivity index (χ4n) is 2.72. The Morgan fingerprint density at radius 3 is 2.77 bits per heavy atom. The Kier molecular flexibility index (Phi) is 4.06. The number of alkyl halides is 2. The van der Waals surface area contributed by atoms with Crippen molar-refractivity contribution in [3.8, 4) is 0 Å². The molecule has 0 radical (unpaired) electrons. The van der Waals surface area contributed by atoms with E-state index < -0.39 is 12.3 Å². The average Bonchev–Trinajstić information content (AvgIpc) is 3.21. The van der Waals surface area contributed by atoms with Crippen LogP contribution in [0.15, 0.2) is 17.5 Å². The van der Waals surface area contributed by atoms with Crippen molar-refractivity contribution in [3.05, 3.63) is 40.3 Å². The number of aromatic nitrogens is 4. The number of hydrogen-bond acceptors (Lipinski definition) is 6. The first kappa shape index (κ1) is 16.8. The Bertz CT molecular complexity index is 980. The van der Waals surface area contributed by atoms with Crippen LogP contribution in [0.25, 0.3) is 5.65 Å². The van der Waals surface area contributed by atoms with E-state index in [1.165, 1.54) is 23.5 Å². The van der Waals surface area contributed by atoms with Crippen molar-refractivity contribution in [2.45, 2.75) is 38.2 Å². The average molecular weight is 378 g/mol. The molecule has 136 valence electrons. The van der Waals surface area contributed by atoms with Gasteiger partial charge in [-0.1, -0.05) is 0 Å². The number of carbonyl (C=O) groups excluding carboxylic acids is 1.